The molecule has 2 fully saturated rings. The topological polar surface area (TPSA) is 39.7 Å². The van der Waals surface area contributed by atoms with Gasteiger partial charge < -0.3 is 9.80 Å². The van der Waals surface area contributed by atoms with Gasteiger partial charge in [-0.05, 0) is 55.4 Å². The zero-order chi connectivity index (χ0) is 19.6. The SMILES string of the molecule is O=C(c1ccnc(N2CCCN(C3Cc4ccccc4C3)CC2)c1)N1CCCC1. The molecule has 1 aromatic heterocycles. The molecule has 0 N–H and O–H groups in total. The molecule has 5 rings (SSSR count). The second-order valence-electron chi connectivity index (χ2n) is 8.61. The predicted octanol–water partition coefficient (Wildman–Crippen LogP) is 3.00. The van der Waals surface area contributed by atoms with Gasteiger partial charge in [-0.25, -0.2) is 4.98 Å². The Balaban J connectivity index is 1.24. The molecule has 3 aliphatic rings. The molecule has 1 aromatic carbocycles. The van der Waals surface area contributed by atoms with Crippen molar-refractivity contribution in [3.8, 4) is 0 Å². The van der Waals surface area contributed by atoms with E-state index in [-0.39, 0.29) is 5.91 Å². The van der Waals surface area contributed by atoms with E-state index in [1.807, 2.05) is 17.0 Å². The second kappa shape index (κ2) is 8.15. The molecule has 2 aliphatic heterocycles. The van der Waals surface area contributed by atoms with Gasteiger partial charge in [-0.15, -0.1) is 0 Å². The Hall–Kier alpha value is -2.40. The van der Waals surface area contributed by atoms with Crippen molar-refractivity contribution in [1.82, 2.24) is 14.8 Å². The first-order valence-electron chi connectivity index (χ1n) is 11.1. The van der Waals surface area contributed by atoms with Crippen molar-refractivity contribution in [3.05, 3.63) is 59.3 Å². The largest absolute Gasteiger partial charge is 0.355 e. The van der Waals surface area contributed by atoms with Crippen LogP contribution in [0.25, 0.3) is 0 Å². The molecule has 0 unspecified atom stereocenters. The van der Waals surface area contributed by atoms with Crippen LogP contribution in [0.1, 0.15) is 40.7 Å². The second-order valence-corrected chi connectivity index (χ2v) is 8.61. The monoisotopic (exact) mass is 390 g/mol. The lowest BCUT2D eigenvalue weighted by Gasteiger charge is -2.27. The number of likely N-dealkylation sites (tertiary alicyclic amines) is 1. The van der Waals surface area contributed by atoms with Crippen LogP contribution in [0.3, 0.4) is 0 Å². The highest BCUT2D eigenvalue weighted by Gasteiger charge is 2.28. The molecule has 152 valence electrons. The molecule has 29 heavy (non-hydrogen) atoms. The van der Waals surface area contributed by atoms with E-state index in [9.17, 15) is 4.79 Å². The number of anilines is 1. The summed E-state index contributed by atoms with van der Waals surface area (Å²) in [5.74, 6) is 1.11. The summed E-state index contributed by atoms with van der Waals surface area (Å²) in [6.45, 7) is 5.95. The Morgan fingerprint density at radius 3 is 2.38 bits per heavy atom. The van der Waals surface area contributed by atoms with Crippen molar-refractivity contribution in [2.24, 2.45) is 0 Å². The fourth-order valence-corrected chi connectivity index (χ4v) is 5.15. The number of benzene rings is 1. The van der Waals surface area contributed by atoms with Gasteiger partial charge in [0.25, 0.3) is 5.91 Å². The normalized spacial score (nSPS) is 20.7. The number of fused-ring (bicyclic) bond motifs is 1. The zero-order valence-corrected chi connectivity index (χ0v) is 17.1. The lowest BCUT2D eigenvalue weighted by molar-refractivity contribution is 0.0792. The number of aromatic nitrogens is 1. The van der Waals surface area contributed by atoms with E-state index in [4.69, 9.17) is 0 Å². The maximum atomic E-state index is 12.8. The third-order valence-electron chi connectivity index (χ3n) is 6.79. The minimum absolute atomic E-state index is 0.159. The maximum Gasteiger partial charge on any atom is 0.254 e. The summed E-state index contributed by atoms with van der Waals surface area (Å²) >= 11 is 0. The average molecular weight is 391 g/mol. The highest BCUT2D eigenvalue weighted by molar-refractivity contribution is 5.95. The number of nitrogens with zero attached hydrogens (tertiary/aromatic N) is 4. The molecule has 5 nitrogen and oxygen atoms in total. The highest BCUT2D eigenvalue weighted by atomic mass is 16.2. The van der Waals surface area contributed by atoms with Crippen LogP contribution in [0.5, 0.6) is 0 Å². The van der Waals surface area contributed by atoms with Gasteiger partial charge in [0.2, 0.25) is 0 Å². The summed E-state index contributed by atoms with van der Waals surface area (Å²) in [4.78, 5) is 24.4. The van der Waals surface area contributed by atoms with Crippen LogP contribution in [-0.2, 0) is 12.8 Å². The van der Waals surface area contributed by atoms with Crippen molar-refractivity contribution in [2.45, 2.75) is 38.1 Å². The molecular formula is C24H30N4O. The van der Waals surface area contributed by atoms with Crippen LogP contribution in [0.2, 0.25) is 0 Å². The van der Waals surface area contributed by atoms with Crippen molar-refractivity contribution in [3.63, 3.8) is 0 Å². The van der Waals surface area contributed by atoms with E-state index in [0.29, 0.717) is 6.04 Å². The molecule has 1 amide bonds. The van der Waals surface area contributed by atoms with Gasteiger partial charge in [0.15, 0.2) is 0 Å². The molecule has 0 saturated carbocycles. The smallest absolute Gasteiger partial charge is 0.254 e. The molecule has 0 spiro atoms. The molecule has 1 aliphatic carbocycles. The number of pyridine rings is 1. The summed E-state index contributed by atoms with van der Waals surface area (Å²) in [5, 5.41) is 0. The number of carbonyl (C=O) groups excluding carboxylic acids is 1. The Labute approximate surface area is 173 Å². The van der Waals surface area contributed by atoms with Crippen LogP contribution < -0.4 is 4.90 Å². The van der Waals surface area contributed by atoms with E-state index in [1.165, 1.54) is 24.0 Å². The number of amides is 1. The van der Waals surface area contributed by atoms with Gasteiger partial charge in [-0.1, -0.05) is 24.3 Å². The first-order valence-corrected chi connectivity index (χ1v) is 11.1. The standard InChI is InChI=1S/C24H30N4O/c29-24(28-10-3-4-11-28)21-8-9-25-23(18-21)27-13-5-12-26(14-15-27)22-16-19-6-1-2-7-20(19)17-22/h1-2,6-9,18,22H,3-5,10-17H2. The van der Waals surface area contributed by atoms with E-state index >= 15 is 0 Å². The number of hydrogen-bond acceptors (Lipinski definition) is 4. The quantitative estimate of drug-likeness (QED) is 0.808. The van der Waals surface area contributed by atoms with Gasteiger partial charge in [0, 0.05) is 57.1 Å². The van der Waals surface area contributed by atoms with Crippen molar-refractivity contribution in [1.29, 1.82) is 0 Å². The van der Waals surface area contributed by atoms with Crippen LogP contribution in [0.15, 0.2) is 42.6 Å². The molecule has 5 heteroatoms. The van der Waals surface area contributed by atoms with E-state index in [2.05, 4.69) is 39.0 Å². The molecule has 0 radical (unpaired) electrons. The minimum Gasteiger partial charge on any atom is -0.355 e. The van der Waals surface area contributed by atoms with Crippen molar-refractivity contribution < 1.29 is 4.79 Å². The maximum absolute atomic E-state index is 12.8. The number of rotatable bonds is 3. The Bertz CT molecular complexity index is 852. The van der Waals surface area contributed by atoms with Gasteiger partial charge >= 0.3 is 0 Å². The number of carbonyl (C=O) groups is 1. The Kier molecular flexibility index (Phi) is 5.23. The fourth-order valence-electron chi connectivity index (χ4n) is 5.15. The first-order chi connectivity index (χ1) is 14.3. The summed E-state index contributed by atoms with van der Waals surface area (Å²) in [7, 11) is 0. The number of hydrogen-bond donors (Lipinski definition) is 0. The van der Waals surface area contributed by atoms with Crippen LogP contribution >= 0.6 is 0 Å². The fraction of sp³-hybridized carbons (Fsp3) is 0.500. The summed E-state index contributed by atoms with van der Waals surface area (Å²) in [6, 6.07) is 13.4. The van der Waals surface area contributed by atoms with Gasteiger partial charge in [0.1, 0.15) is 5.82 Å². The van der Waals surface area contributed by atoms with Gasteiger partial charge in [0.05, 0.1) is 0 Å². The zero-order valence-electron chi connectivity index (χ0n) is 17.1. The predicted molar refractivity (Wildman–Crippen MR) is 115 cm³/mol. The third-order valence-corrected chi connectivity index (χ3v) is 6.79. The van der Waals surface area contributed by atoms with Gasteiger partial charge in [-0.3, -0.25) is 9.69 Å². The van der Waals surface area contributed by atoms with E-state index < -0.39 is 0 Å². The first kappa shape index (κ1) is 18.6. The lowest BCUT2D eigenvalue weighted by atomic mass is 10.1. The van der Waals surface area contributed by atoms with Crippen LogP contribution in [0.4, 0.5) is 5.82 Å². The summed E-state index contributed by atoms with van der Waals surface area (Å²) in [5.41, 5.74) is 3.83. The summed E-state index contributed by atoms with van der Waals surface area (Å²) in [6.07, 6.45) is 7.53. The Morgan fingerprint density at radius 1 is 0.862 bits per heavy atom. The Morgan fingerprint density at radius 2 is 1.62 bits per heavy atom. The van der Waals surface area contributed by atoms with Crippen LogP contribution in [-0.4, -0.2) is 66.0 Å². The van der Waals surface area contributed by atoms with Gasteiger partial charge in [-0.2, -0.15) is 0 Å². The minimum atomic E-state index is 0.159. The molecule has 0 bridgehead atoms. The molecule has 2 saturated heterocycles. The van der Waals surface area contributed by atoms with Crippen molar-refractivity contribution in [2.75, 3.05) is 44.2 Å². The van der Waals surface area contributed by atoms with E-state index in [1.54, 1.807) is 6.20 Å². The molecule has 3 heterocycles. The average Bonchev–Trinajstić information content (AvgIpc) is 3.38. The van der Waals surface area contributed by atoms with Crippen LogP contribution in [0, 0.1) is 0 Å². The third kappa shape index (κ3) is 3.88. The van der Waals surface area contributed by atoms with Crippen molar-refractivity contribution >= 4 is 11.7 Å². The van der Waals surface area contributed by atoms with E-state index in [0.717, 1.165) is 69.9 Å². The lowest BCUT2D eigenvalue weighted by Crippen LogP contribution is -2.39. The molecule has 0 atom stereocenters. The molecular weight excluding hydrogens is 360 g/mol. The highest BCUT2D eigenvalue weighted by Crippen LogP contribution is 2.27. The molecule has 2 aromatic rings. The summed E-state index contributed by atoms with van der Waals surface area (Å²) < 4.78 is 0.